The van der Waals surface area contributed by atoms with Crippen LogP contribution in [0.2, 0.25) is 0 Å². The molecule has 0 unspecified atom stereocenters. The lowest BCUT2D eigenvalue weighted by Gasteiger charge is -2.06. The predicted molar refractivity (Wildman–Crippen MR) is 69.9 cm³/mol. The van der Waals surface area contributed by atoms with Crippen molar-refractivity contribution >= 4 is 10.1 Å². The lowest BCUT2D eigenvalue weighted by atomic mass is 10.2. The Morgan fingerprint density at radius 1 is 1.17 bits per heavy atom. The van der Waals surface area contributed by atoms with Gasteiger partial charge in [-0.2, -0.15) is 8.42 Å². The van der Waals surface area contributed by atoms with E-state index in [4.69, 9.17) is 8.92 Å². The smallest absolute Gasteiger partial charge is 0.297 e. The Morgan fingerprint density at radius 3 is 2.44 bits per heavy atom. The largest absolute Gasteiger partial charge is 0.379 e. The second-order valence-electron chi connectivity index (χ2n) is 3.78. The van der Waals surface area contributed by atoms with Crippen molar-refractivity contribution in [3.63, 3.8) is 0 Å². The SMILES string of the molecule is C=CCCOCCOS(=O)(=O)c1ccc(C)cc1. The van der Waals surface area contributed by atoms with Crippen LogP contribution in [0.3, 0.4) is 0 Å². The maximum absolute atomic E-state index is 11.7. The molecular formula is C13H18O4S. The van der Waals surface area contributed by atoms with Crippen LogP contribution in [0.4, 0.5) is 0 Å². The van der Waals surface area contributed by atoms with E-state index in [2.05, 4.69) is 6.58 Å². The average Bonchev–Trinajstić information content (AvgIpc) is 2.34. The third-order valence-corrected chi connectivity index (χ3v) is 3.57. The molecule has 0 spiro atoms. The fourth-order valence-electron chi connectivity index (χ4n) is 1.24. The maximum Gasteiger partial charge on any atom is 0.297 e. The second-order valence-corrected chi connectivity index (χ2v) is 5.39. The van der Waals surface area contributed by atoms with Gasteiger partial charge in [0.05, 0.1) is 24.7 Å². The fraction of sp³-hybridized carbons (Fsp3) is 0.385. The Kier molecular flexibility index (Phi) is 6.04. The quantitative estimate of drug-likeness (QED) is 0.413. The minimum Gasteiger partial charge on any atom is -0.379 e. The van der Waals surface area contributed by atoms with Crippen molar-refractivity contribution in [2.45, 2.75) is 18.2 Å². The number of hydrogen-bond acceptors (Lipinski definition) is 4. The van der Waals surface area contributed by atoms with Gasteiger partial charge in [0.25, 0.3) is 10.1 Å². The Morgan fingerprint density at radius 2 is 1.83 bits per heavy atom. The van der Waals surface area contributed by atoms with Gasteiger partial charge in [-0.05, 0) is 25.5 Å². The molecule has 0 saturated heterocycles. The molecule has 1 aromatic carbocycles. The lowest BCUT2D eigenvalue weighted by Crippen LogP contribution is -2.11. The summed E-state index contributed by atoms with van der Waals surface area (Å²) in [6, 6.07) is 6.53. The first-order valence-electron chi connectivity index (χ1n) is 5.71. The summed E-state index contributed by atoms with van der Waals surface area (Å²) in [4.78, 5) is 0.166. The van der Waals surface area contributed by atoms with Gasteiger partial charge in [0.2, 0.25) is 0 Å². The van der Waals surface area contributed by atoms with E-state index in [-0.39, 0.29) is 18.1 Å². The van der Waals surface area contributed by atoms with Crippen molar-refractivity contribution in [1.29, 1.82) is 0 Å². The molecule has 18 heavy (non-hydrogen) atoms. The predicted octanol–water partition coefficient (Wildman–Crippen LogP) is 2.29. The highest BCUT2D eigenvalue weighted by atomic mass is 32.2. The topological polar surface area (TPSA) is 52.6 Å². The van der Waals surface area contributed by atoms with Gasteiger partial charge < -0.3 is 4.74 Å². The molecule has 1 rings (SSSR count). The molecule has 0 aliphatic rings. The average molecular weight is 270 g/mol. The second kappa shape index (κ2) is 7.31. The normalized spacial score (nSPS) is 11.4. The molecule has 0 radical (unpaired) electrons. The molecule has 0 atom stereocenters. The summed E-state index contributed by atoms with van der Waals surface area (Å²) in [5, 5.41) is 0. The molecule has 0 aliphatic heterocycles. The van der Waals surface area contributed by atoms with Gasteiger partial charge >= 0.3 is 0 Å². The van der Waals surface area contributed by atoms with Gasteiger partial charge in [-0.3, -0.25) is 4.18 Å². The third-order valence-electron chi connectivity index (χ3n) is 2.24. The molecule has 100 valence electrons. The molecule has 4 nitrogen and oxygen atoms in total. The Labute approximate surface area is 108 Å². The van der Waals surface area contributed by atoms with E-state index in [1.54, 1.807) is 18.2 Å². The van der Waals surface area contributed by atoms with Crippen LogP contribution in [0.25, 0.3) is 0 Å². The van der Waals surface area contributed by atoms with Gasteiger partial charge in [0.15, 0.2) is 0 Å². The molecule has 0 aromatic heterocycles. The molecule has 0 saturated carbocycles. The van der Waals surface area contributed by atoms with Crippen molar-refractivity contribution in [3.8, 4) is 0 Å². The molecule has 0 amide bonds. The first-order valence-corrected chi connectivity index (χ1v) is 7.12. The van der Waals surface area contributed by atoms with Crippen molar-refractivity contribution < 1.29 is 17.3 Å². The zero-order valence-corrected chi connectivity index (χ0v) is 11.3. The lowest BCUT2D eigenvalue weighted by molar-refractivity contribution is 0.106. The van der Waals surface area contributed by atoms with Crippen molar-refractivity contribution in [2.75, 3.05) is 19.8 Å². The van der Waals surface area contributed by atoms with Crippen LogP contribution in [-0.4, -0.2) is 28.2 Å². The van der Waals surface area contributed by atoms with Crippen LogP contribution >= 0.6 is 0 Å². The summed E-state index contributed by atoms with van der Waals surface area (Å²) in [7, 11) is -3.67. The highest BCUT2D eigenvalue weighted by Crippen LogP contribution is 2.12. The monoisotopic (exact) mass is 270 g/mol. The standard InChI is InChI=1S/C13H18O4S/c1-3-4-9-16-10-11-17-18(14,15)13-7-5-12(2)6-8-13/h3,5-8H,1,4,9-11H2,2H3. The first kappa shape index (κ1) is 14.9. The molecule has 1 aromatic rings. The molecule has 0 bridgehead atoms. The van der Waals surface area contributed by atoms with E-state index < -0.39 is 10.1 Å². The van der Waals surface area contributed by atoms with Crippen LogP contribution < -0.4 is 0 Å². The number of ether oxygens (including phenoxy) is 1. The summed E-state index contributed by atoms with van der Waals surface area (Å²) in [6.07, 6.45) is 2.48. The Hall–Kier alpha value is -1.17. The summed E-state index contributed by atoms with van der Waals surface area (Å²) in [5.41, 5.74) is 1.00. The van der Waals surface area contributed by atoms with Crippen LogP contribution in [0.15, 0.2) is 41.8 Å². The number of rotatable bonds is 8. The minimum atomic E-state index is -3.67. The number of hydrogen-bond donors (Lipinski definition) is 0. The number of benzene rings is 1. The molecule has 0 aliphatic carbocycles. The Balaban J connectivity index is 2.40. The summed E-state index contributed by atoms with van der Waals surface area (Å²) in [6.45, 7) is 6.25. The summed E-state index contributed by atoms with van der Waals surface area (Å²) in [5.74, 6) is 0. The van der Waals surface area contributed by atoms with Gasteiger partial charge in [0, 0.05) is 0 Å². The number of aryl methyl sites for hydroxylation is 1. The zero-order chi connectivity index (χ0) is 13.4. The van der Waals surface area contributed by atoms with E-state index in [9.17, 15) is 8.42 Å². The molecule has 5 heteroatoms. The zero-order valence-electron chi connectivity index (χ0n) is 10.5. The van der Waals surface area contributed by atoms with Crippen LogP contribution in [0, 0.1) is 6.92 Å². The van der Waals surface area contributed by atoms with Crippen molar-refractivity contribution in [2.24, 2.45) is 0 Å². The van der Waals surface area contributed by atoms with Crippen molar-refractivity contribution in [3.05, 3.63) is 42.5 Å². The van der Waals surface area contributed by atoms with E-state index in [1.807, 2.05) is 6.92 Å². The minimum absolute atomic E-state index is 0.0212. The van der Waals surface area contributed by atoms with E-state index in [0.29, 0.717) is 6.61 Å². The highest BCUT2D eigenvalue weighted by molar-refractivity contribution is 7.86. The highest BCUT2D eigenvalue weighted by Gasteiger charge is 2.14. The molecule has 0 fully saturated rings. The Bertz CT molecular complexity index is 462. The van der Waals surface area contributed by atoms with E-state index >= 15 is 0 Å². The van der Waals surface area contributed by atoms with E-state index in [0.717, 1.165) is 12.0 Å². The van der Waals surface area contributed by atoms with Gasteiger partial charge in [0.1, 0.15) is 0 Å². The van der Waals surface area contributed by atoms with Crippen LogP contribution in [0.5, 0.6) is 0 Å². The van der Waals surface area contributed by atoms with E-state index in [1.165, 1.54) is 12.1 Å². The third kappa shape index (κ3) is 5.00. The van der Waals surface area contributed by atoms with Crippen LogP contribution in [-0.2, 0) is 19.0 Å². The fourth-order valence-corrected chi connectivity index (χ4v) is 2.14. The van der Waals surface area contributed by atoms with Gasteiger partial charge in [-0.25, -0.2) is 0 Å². The first-order chi connectivity index (χ1) is 8.56. The maximum atomic E-state index is 11.7. The van der Waals surface area contributed by atoms with Gasteiger partial charge in [-0.15, -0.1) is 6.58 Å². The van der Waals surface area contributed by atoms with Crippen LogP contribution in [0.1, 0.15) is 12.0 Å². The van der Waals surface area contributed by atoms with Gasteiger partial charge in [-0.1, -0.05) is 23.8 Å². The molecule has 0 N–H and O–H groups in total. The summed E-state index contributed by atoms with van der Waals surface area (Å²) < 4.78 is 33.5. The summed E-state index contributed by atoms with van der Waals surface area (Å²) >= 11 is 0. The molecule has 0 heterocycles. The molecular weight excluding hydrogens is 252 g/mol. The van der Waals surface area contributed by atoms with Crippen molar-refractivity contribution in [1.82, 2.24) is 0 Å².